The van der Waals surface area contributed by atoms with Crippen molar-refractivity contribution in [1.29, 1.82) is 0 Å². The second-order valence-electron chi connectivity index (χ2n) is 4.76. The minimum Gasteiger partial charge on any atom is -0.496 e. The van der Waals surface area contributed by atoms with E-state index in [2.05, 4.69) is 10.3 Å². The monoisotopic (exact) mass is 297 g/mol. The second-order valence-corrected chi connectivity index (χ2v) is 4.76. The number of imidazole rings is 1. The predicted molar refractivity (Wildman–Crippen MR) is 70.9 cm³/mol. The number of halogens is 3. The van der Waals surface area contributed by atoms with Gasteiger partial charge in [0, 0.05) is 25.2 Å². The lowest BCUT2D eigenvalue weighted by Crippen LogP contribution is -2.30. The molecule has 1 N–H and O–H groups in total. The first-order valence-corrected chi connectivity index (χ1v) is 6.53. The van der Waals surface area contributed by atoms with Crippen molar-refractivity contribution in [2.24, 2.45) is 0 Å². The van der Waals surface area contributed by atoms with Crippen molar-refractivity contribution in [2.75, 3.05) is 13.7 Å². The SMILES string of the molecule is COc1ccccc1-c1nc(C(F)(F)F)n2c1CNCC2. The van der Waals surface area contributed by atoms with Gasteiger partial charge in [-0.25, -0.2) is 4.98 Å². The van der Waals surface area contributed by atoms with Crippen molar-refractivity contribution >= 4 is 0 Å². The molecule has 3 rings (SSSR count). The first-order valence-electron chi connectivity index (χ1n) is 6.53. The summed E-state index contributed by atoms with van der Waals surface area (Å²) in [6.45, 7) is 1.11. The number of nitrogens with zero attached hydrogens (tertiary/aromatic N) is 2. The van der Waals surface area contributed by atoms with Gasteiger partial charge in [-0.15, -0.1) is 0 Å². The van der Waals surface area contributed by atoms with Gasteiger partial charge in [0.15, 0.2) is 0 Å². The number of aromatic nitrogens is 2. The topological polar surface area (TPSA) is 39.1 Å². The molecule has 0 amide bonds. The van der Waals surface area contributed by atoms with Gasteiger partial charge in [-0.1, -0.05) is 12.1 Å². The molecule has 0 bridgehead atoms. The summed E-state index contributed by atoms with van der Waals surface area (Å²) in [4.78, 5) is 3.86. The first-order chi connectivity index (χ1) is 10.0. The summed E-state index contributed by atoms with van der Waals surface area (Å²) < 4.78 is 45.9. The highest BCUT2D eigenvalue weighted by Gasteiger charge is 2.39. The van der Waals surface area contributed by atoms with E-state index in [1.165, 1.54) is 11.7 Å². The van der Waals surface area contributed by atoms with Crippen LogP contribution in [-0.4, -0.2) is 23.2 Å². The third-order valence-electron chi connectivity index (χ3n) is 3.49. The number of fused-ring (bicyclic) bond motifs is 1. The van der Waals surface area contributed by atoms with Crippen molar-refractivity contribution in [3.63, 3.8) is 0 Å². The Morgan fingerprint density at radius 3 is 2.76 bits per heavy atom. The molecular formula is C14H14F3N3O. The largest absolute Gasteiger partial charge is 0.496 e. The Balaban J connectivity index is 2.22. The standard InChI is InChI=1S/C14H14F3N3O/c1-21-11-5-3-2-4-9(11)12-10-8-18-6-7-20(10)13(19-12)14(15,16)17/h2-5,18H,6-8H2,1H3. The summed E-state index contributed by atoms with van der Waals surface area (Å²) in [6.07, 6.45) is -4.47. The molecule has 2 aromatic rings. The molecular weight excluding hydrogens is 283 g/mol. The fourth-order valence-electron chi connectivity index (χ4n) is 2.58. The van der Waals surface area contributed by atoms with Crippen molar-refractivity contribution in [3.8, 4) is 17.0 Å². The Morgan fingerprint density at radius 2 is 2.05 bits per heavy atom. The number of nitrogens with one attached hydrogen (secondary N) is 1. The van der Waals surface area contributed by atoms with Gasteiger partial charge in [-0.3, -0.25) is 0 Å². The quantitative estimate of drug-likeness (QED) is 0.926. The number of hydrogen-bond acceptors (Lipinski definition) is 3. The van der Waals surface area contributed by atoms with E-state index in [0.717, 1.165) is 0 Å². The van der Waals surface area contributed by atoms with E-state index in [1.807, 2.05) is 0 Å². The molecule has 2 heterocycles. The molecule has 1 aromatic carbocycles. The molecule has 0 saturated carbocycles. The number of para-hydroxylation sites is 1. The Morgan fingerprint density at radius 1 is 1.29 bits per heavy atom. The second kappa shape index (κ2) is 5.07. The molecule has 1 aliphatic heterocycles. The minimum absolute atomic E-state index is 0.256. The van der Waals surface area contributed by atoms with Crippen molar-refractivity contribution in [3.05, 3.63) is 35.8 Å². The zero-order valence-corrected chi connectivity index (χ0v) is 11.4. The van der Waals surface area contributed by atoms with E-state index in [0.29, 0.717) is 35.8 Å². The van der Waals surface area contributed by atoms with E-state index in [-0.39, 0.29) is 6.54 Å². The molecule has 0 aliphatic carbocycles. The summed E-state index contributed by atoms with van der Waals surface area (Å²) >= 11 is 0. The predicted octanol–water partition coefficient (Wildman–Crippen LogP) is 2.68. The molecule has 112 valence electrons. The Labute approximate surface area is 119 Å². The molecule has 21 heavy (non-hydrogen) atoms. The van der Waals surface area contributed by atoms with Crippen LogP contribution in [0.3, 0.4) is 0 Å². The lowest BCUT2D eigenvalue weighted by atomic mass is 10.1. The fraction of sp³-hybridized carbons (Fsp3) is 0.357. The average Bonchev–Trinajstić information content (AvgIpc) is 2.87. The number of ether oxygens (including phenoxy) is 1. The summed E-state index contributed by atoms with van der Waals surface area (Å²) in [5.74, 6) is -0.336. The lowest BCUT2D eigenvalue weighted by Gasteiger charge is -2.19. The highest BCUT2D eigenvalue weighted by Crippen LogP contribution is 2.37. The van der Waals surface area contributed by atoms with Gasteiger partial charge >= 0.3 is 6.18 Å². The lowest BCUT2D eigenvalue weighted by molar-refractivity contribution is -0.147. The third-order valence-corrected chi connectivity index (χ3v) is 3.49. The normalized spacial score (nSPS) is 14.9. The van der Waals surface area contributed by atoms with E-state index in [9.17, 15) is 13.2 Å². The van der Waals surface area contributed by atoms with Crippen LogP contribution in [0.1, 0.15) is 11.5 Å². The number of rotatable bonds is 2. The Kier molecular flexibility index (Phi) is 3.36. The van der Waals surface area contributed by atoms with Gasteiger partial charge in [-0.2, -0.15) is 13.2 Å². The van der Waals surface area contributed by atoms with Crippen LogP contribution in [0.5, 0.6) is 5.75 Å². The van der Waals surface area contributed by atoms with Crippen molar-refractivity contribution < 1.29 is 17.9 Å². The van der Waals surface area contributed by atoms with Crippen LogP contribution in [0.15, 0.2) is 24.3 Å². The molecule has 0 saturated heterocycles. The molecule has 0 unspecified atom stereocenters. The number of alkyl halides is 3. The number of benzene rings is 1. The van der Waals surface area contributed by atoms with Crippen molar-refractivity contribution in [2.45, 2.75) is 19.3 Å². The van der Waals surface area contributed by atoms with Gasteiger partial charge in [0.25, 0.3) is 0 Å². The van der Waals surface area contributed by atoms with Crippen LogP contribution in [0, 0.1) is 0 Å². The summed E-state index contributed by atoms with van der Waals surface area (Å²) in [7, 11) is 1.49. The maximum absolute atomic E-state index is 13.2. The van der Waals surface area contributed by atoms with Crippen molar-refractivity contribution in [1.82, 2.24) is 14.9 Å². The van der Waals surface area contributed by atoms with Crippen LogP contribution in [0.4, 0.5) is 13.2 Å². The maximum atomic E-state index is 13.2. The summed E-state index contributed by atoms with van der Waals surface area (Å²) in [5.41, 5.74) is 1.44. The first kappa shape index (κ1) is 13.9. The number of hydrogen-bond donors (Lipinski definition) is 1. The minimum atomic E-state index is -4.47. The molecule has 1 aliphatic rings. The van der Waals surface area contributed by atoms with Gasteiger partial charge in [-0.05, 0) is 12.1 Å². The Hall–Kier alpha value is -2.02. The maximum Gasteiger partial charge on any atom is 0.449 e. The highest BCUT2D eigenvalue weighted by atomic mass is 19.4. The van der Waals surface area contributed by atoms with Crippen LogP contribution < -0.4 is 10.1 Å². The van der Waals surface area contributed by atoms with E-state index in [4.69, 9.17) is 4.74 Å². The summed E-state index contributed by atoms with van der Waals surface area (Å²) in [6, 6.07) is 6.96. The van der Waals surface area contributed by atoms with Gasteiger partial charge in [0.2, 0.25) is 5.82 Å². The van der Waals surface area contributed by atoms with Gasteiger partial charge in [0.05, 0.1) is 18.5 Å². The van der Waals surface area contributed by atoms with E-state index >= 15 is 0 Å². The fourth-order valence-corrected chi connectivity index (χ4v) is 2.58. The van der Waals surface area contributed by atoms with E-state index in [1.54, 1.807) is 24.3 Å². The van der Waals surface area contributed by atoms with Crippen LogP contribution in [0.25, 0.3) is 11.3 Å². The molecule has 7 heteroatoms. The molecule has 4 nitrogen and oxygen atoms in total. The van der Waals surface area contributed by atoms with Gasteiger partial charge < -0.3 is 14.6 Å². The van der Waals surface area contributed by atoms with E-state index < -0.39 is 12.0 Å². The zero-order chi connectivity index (χ0) is 15.0. The summed E-state index contributed by atoms with van der Waals surface area (Å²) in [5, 5.41) is 3.08. The number of methoxy groups -OCH3 is 1. The molecule has 0 fully saturated rings. The van der Waals surface area contributed by atoms with Crippen LogP contribution in [0.2, 0.25) is 0 Å². The van der Waals surface area contributed by atoms with Gasteiger partial charge in [0.1, 0.15) is 5.75 Å². The molecule has 0 spiro atoms. The van der Waals surface area contributed by atoms with Crippen LogP contribution in [-0.2, 0) is 19.3 Å². The highest BCUT2D eigenvalue weighted by molar-refractivity contribution is 5.69. The third kappa shape index (κ3) is 2.37. The Bertz CT molecular complexity index is 664. The zero-order valence-electron chi connectivity index (χ0n) is 11.4. The molecule has 0 atom stereocenters. The van der Waals surface area contributed by atoms with Crippen LogP contribution >= 0.6 is 0 Å². The molecule has 1 aromatic heterocycles. The molecule has 0 radical (unpaired) electrons. The smallest absolute Gasteiger partial charge is 0.449 e. The average molecular weight is 297 g/mol.